The van der Waals surface area contributed by atoms with Gasteiger partial charge in [0.15, 0.2) is 0 Å². The molecule has 5 heteroatoms. The predicted molar refractivity (Wildman–Crippen MR) is 98.3 cm³/mol. The van der Waals surface area contributed by atoms with E-state index in [1.165, 1.54) is 23.3 Å². The van der Waals surface area contributed by atoms with Gasteiger partial charge in [0.05, 0.1) is 12.0 Å². The minimum Gasteiger partial charge on any atom is -0.465 e. The molecule has 0 aliphatic carbocycles. The van der Waals surface area contributed by atoms with Crippen molar-refractivity contribution in [3.8, 4) is 0 Å². The van der Waals surface area contributed by atoms with Crippen LogP contribution >= 0.6 is 0 Å². The number of amides is 1. The molecular formula is C21H15FN2O2. The van der Waals surface area contributed by atoms with Gasteiger partial charge in [-0.2, -0.15) is 0 Å². The molecule has 0 unspecified atom stereocenters. The summed E-state index contributed by atoms with van der Waals surface area (Å²) in [5.41, 5.74) is 2.69. The van der Waals surface area contributed by atoms with Crippen LogP contribution in [0.2, 0.25) is 0 Å². The lowest BCUT2D eigenvalue weighted by Crippen LogP contribution is -2.32. The molecule has 1 aliphatic heterocycles. The van der Waals surface area contributed by atoms with Gasteiger partial charge in [-0.25, -0.2) is 9.38 Å². The van der Waals surface area contributed by atoms with E-state index in [0.29, 0.717) is 17.3 Å². The monoisotopic (exact) mass is 346 g/mol. The van der Waals surface area contributed by atoms with E-state index in [2.05, 4.69) is 4.99 Å². The average molecular weight is 346 g/mol. The molecule has 4 rings (SSSR count). The van der Waals surface area contributed by atoms with Gasteiger partial charge in [-0.1, -0.05) is 23.8 Å². The van der Waals surface area contributed by atoms with Crippen LogP contribution in [0, 0.1) is 12.7 Å². The number of anilines is 1. The lowest BCUT2D eigenvalue weighted by molar-refractivity contribution is -0.113. The standard InChI is InChI=1S/C21H15FN2O2/c1-14-4-2-5-15(12-14)20-23-19(13-18-6-3-11-26-18)21(25)24(20)17-9-7-16(22)8-10-17/h2-13H,1H3/b19-13+. The Hall–Kier alpha value is -3.47. The summed E-state index contributed by atoms with van der Waals surface area (Å²) < 4.78 is 18.6. The van der Waals surface area contributed by atoms with Gasteiger partial charge in [0, 0.05) is 11.6 Å². The average Bonchev–Trinajstić information content (AvgIpc) is 3.25. The number of aryl methyl sites for hydroxylation is 1. The van der Waals surface area contributed by atoms with E-state index in [0.717, 1.165) is 11.1 Å². The number of carbonyl (C=O) groups is 1. The molecule has 0 bridgehead atoms. The van der Waals surface area contributed by atoms with Crippen LogP contribution in [0.4, 0.5) is 10.1 Å². The minimum atomic E-state index is -0.360. The number of nitrogens with zero attached hydrogens (tertiary/aromatic N) is 2. The third-order valence-electron chi connectivity index (χ3n) is 4.04. The van der Waals surface area contributed by atoms with Gasteiger partial charge < -0.3 is 4.42 Å². The van der Waals surface area contributed by atoms with Crippen LogP contribution in [0.15, 0.2) is 82.0 Å². The quantitative estimate of drug-likeness (QED) is 0.653. The first kappa shape index (κ1) is 16.0. The molecule has 3 aromatic rings. The fraction of sp³-hybridized carbons (Fsp3) is 0.0476. The molecule has 0 N–H and O–H groups in total. The molecule has 0 spiro atoms. The maximum Gasteiger partial charge on any atom is 0.282 e. The van der Waals surface area contributed by atoms with E-state index in [1.807, 2.05) is 31.2 Å². The summed E-state index contributed by atoms with van der Waals surface area (Å²) >= 11 is 0. The van der Waals surface area contributed by atoms with Crippen LogP contribution in [0.5, 0.6) is 0 Å². The van der Waals surface area contributed by atoms with E-state index in [-0.39, 0.29) is 17.4 Å². The zero-order valence-corrected chi connectivity index (χ0v) is 14.0. The zero-order chi connectivity index (χ0) is 18.1. The molecule has 4 nitrogen and oxygen atoms in total. The first-order chi connectivity index (χ1) is 12.6. The normalized spacial score (nSPS) is 15.6. The van der Waals surface area contributed by atoms with E-state index in [1.54, 1.807) is 30.3 Å². The van der Waals surface area contributed by atoms with Gasteiger partial charge in [0.25, 0.3) is 5.91 Å². The maximum absolute atomic E-state index is 13.3. The summed E-state index contributed by atoms with van der Waals surface area (Å²) in [7, 11) is 0. The molecular weight excluding hydrogens is 331 g/mol. The van der Waals surface area contributed by atoms with Crippen LogP contribution < -0.4 is 4.90 Å². The second-order valence-corrected chi connectivity index (χ2v) is 5.97. The number of halogens is 1. The number of hydrogen-bond acceptors (Lipinski definition) is 3. The van der Waals surface area contributed by atoms with E-state index in [9.17, 15) is 9.18 Å². The Morgan fingerprint density at radius 3 is 2.58 bits per heavy atom. The molecule has 1 aromatic heterocycles. The first-order valence-corrected chi connectivity index (χ1v) is 8.13. The maximum atomic E-state index is 13.3. The highest BCUT2D eigenvalue weighted by Gasteiger charge is 2.32. The second-order valence-electron chi connectivity index (χ2n) is 5.97. The highest BCUT2D eigenvalue weighted by Crippen LogP contribution is 2.28. The Morgan fingerprint density at radius 1 is 1.08 bits per heavy atom. The van der Waals surface area contributed by atoms with Gasteiger partial charge >= 0.3 is 0 Å². The van der Waals surface area contributed by atoms with Crippen molar-refractivity contribution in [2.75, 3.05) is 4.90 Å². The lowest BCUT2D eigenvalue weighted by Gasteiger charge is -2.18. The summed E-state index contributed by atoms with van der Waals surface area (Å²) in [6.07, 6.45) is 3.14. The summed E-state index contributed by atoms with van der Waals surface area (Å²) in [5, 5.41) is 0. The van der Waals surface area contributed by atoms with E-state index >= 15 is 0 Å². The largest absolute Gasteiger partial charge is 0.465 e. The van der Waals surface area contributed by atoms with Crippen molar-refractivity contribution in [2.45, 2.75) is 6.92 Å². The van der Waals surface area contributed by atoms with Crippen molar-refractivity contribution in [3.63, 3.8) is 0 Å². The van der Waals surface area contributed by atoms with Crippen molar-refractivity contribution in [3.05, 3.63) is 95.3 Å². The van der Waals surface area contributed by atoms with Crippen LogP contribution in [-0.4, -0.2) is 11.7 Å². The molecule has 0 atom stereocenters. The molecule has 0 saturated heterocycles. The minimum absolute atomic E-state index is 0.265. The Morgan fingerprint density at radius 2 is 1.88 bits per heavy atom. The third-order valence-corrected chi connectivity index (χ3v) is 4.04. The predicted octanol–water partition coefficient (Wildman–Crippen LogP) is 4.56. The summed E-state index contributed by atoms with van der Waals surface area (Å²) in [5.74, 6) is 0.398. The summed E-state index contributed by atoms with van der Waals surface area (Å²) in [4.78, 5) is 19.0. The number of rotatable bonds is 3. The number of benzene rings is 2. The summed E-state index contributed by atoms with van der Waals surface area (Å²) in [6.45, 7) is 1.97. The second kappa shape index (κ2) is 6.44. The Labute approximate surface area is 149 Å². The van der Waals surface area contributed by atoms with Gasteiger partial charge in [-0.3, -0.25) is 9.69 Å². The van der Waals surface area contributed by atoms with Crippen molar-refractivity contribution in [1.82, 2.24) is 0 Å². The van der Waals surface area contributed by atoms with Gasteiger partial charge in [0.1, 0.15) is 23.1 Å². The molecule has 2 heterocycles. The number of amidine groups is 1. The van der Waals surface area contributed by atoms with Crippen molar-refractivity contribution >= 4 is 23.5 Å². The molecule has 1 amide bonds. The number of hydrogen-bond donors (Lipinski definition) is 0. The number of carbonyl (C=O) groups excluding carboxylic acids is 1. The Bertz CT molecular complexity index is 1020. The van der Waals surface area contributed by atoms with Gasteiger partial charge in [-0.05, 0) is 49.4 Å². The molecule has 26 heavy (non-hydrogen) atoms. The molecule has 128 valence electrons. The first-order valence-electron chi connectivity index (χ1n) is 8.13. The zero-order valence-electron chi connectivity index (χ0n) is 14.0. The van der Waals surface area contributed by atoms with Crippen molar-refractivity contribution < 1.29 is 13.6 Å². The fourth-order valence-electron chi connectivity index (χ4n) is 2.83. The van der Waals surface area contributed by atoms with Crippen LogP contribution in [0.3, 0.4) is 0 Å². The van der Waals surface area contributed by atoms with Crippen LogP contribution in [0.1, 0.15) is 16.9 Å². The van der Waals surface area contributed by atoms with Crippen molar-refractivity contribution in [2.24, 2.45) is 4.99 Å². The number of aliphatic imine (C=N–C) groups is 1. The SMILES string of the molecule is Cc1cccc(C2=N/C(=C/c3ccco3)C(=O)N2c2ccc(F)cc2)c1. The molecule has 1 aliphatic rings. The smallest absolute Gasteiger partial charge is 0.282 e. The summed E-state index contributed by atoms with van der Waals surface area (Å²) in [6, 6.07) is 17.0. The topological polar surface area (TPSA) is 45.8 Å². The van der Waals surface area contributed by atoms with Crippen molar-refractivity contribution in [1.29, 1.82) is 0 Å². The molecule has 0 fully saturated rings. The van der Waals surface area contributed by atoms with Gasteiger partial charge in [-0.15, -0.1) is 0 Å². The molecule has 2 aromatic carbocycles. The van der Waals surface area contributed by atoms with E-state index < -0.39 is 0 Å². The lowest BCUT2D eigenvalue weighted by atomic mass is 10.1. The van der Waals surface area contributed by atoms with Crippen LogP contribution in [0.25, 0.3) is 6.08 Å². The fourth-order valence-corrected chi connectivity index (χ4v) is 2.83. The Balaban J connectivity index is 1.84. The van der Waals surface area contributed by atoms with E-state index in [4.69, 9.17) is 4.42 Å². The molecule has 0 radical (unpaired) electrons. The van der Waals surface area contributed by atoms with Crippen LogP contribution in [-0.2, 0) is 4.79 Å². The number of furan rings is 1. The Kier molecular flexibility index (Phi) is 3.97. The van der Waals surface area contributed by atoms with Gasteiger partial charge in [0.2, 0.25) is 0 Å². The highest BCUT2D eigenvalue weighted by molar-refractivity contribution is 6.33. The third kappa shape index (κ3) is 2.95. The highest BCUT2D eigenvalue weighted by atomic mass is 19.1. The molecule has 0 saturated carbocycles.